The fourth-order valence-corrected chi connectivity index (χ4v) is 1.26. The van der Waals surface area contributed by atoms with Crippen molar-refractivity contribution in [3.63, 3.8) is 0 Å². The molecule has 0 aliphatic rings. The summed E-state index contributed by atoms with van der Waals surface area (Å²) in [6, 6.07) is 5.98. The minimum absolute atomic E-state index is 0.0607. The zero-order valence-corrected chi connectivity index (χ0v) is 10.4. The van der Waals surface area contributed by atoms with Gasteiger partial charge in [-0.25, -0.2) is 0 Å². The van der Waals surface area contributed by atoms with Crippen LogP contribution in [0, 0.1) is 0 Å². The fourth-order valence-electron chi connectivity index (χ4n) is 1.26. The number of esters is 2. The van der Waals surface area contributed by atoms with E-state index in [0.29, 0.717) is 17.9 Å². The summed E-state index contributed by atoms with van der Waals surface area (Å²) in [6.45, 7) is -0.325. The second-order valence-corrected chi connectivity index (χ2v) is 3.72. The van der Waals surface area contributed by atoms with Crippen LogP contribution in [0.1, 0.15) is 19.3 Å². The molecule has 19 heavy (non-hydrogen) atoms. The van der Waals surface area contributed by atoms with Crippen molar-refractivity contribution in [2.45, 2.75) is 19.3 Å². The second-order valence-electron chi connectivity index (χ2n) is 3.72. The lowest BCUT2D eigenvalue weighted by atomic mass is 10.3. The van der Waals surface area contributed by atoms with Crippen molar-refractivity contribution < 1.29 is 29.3 Å². The van der Waals surface area contributed by atoms with E-state index in [4.69, 9.17) is 19.7 Å². The summed E-state index contributed by atoms with van der Waals surface area (Å²) in [5.74, 6) is -0.312. The van der Waals surface area contributed by atoms with Gasteiger partial charge in [-0.05, 0) is 30.7 Å². The lowest BCUT2D eigenvalue weighted by molar-refractivity contribution is -0.136. The standard InChI is InChI=1S/C13H16O6/c14-8-1-2-12(16)18-10-3-5-11(6-4-10)19-13(17)7-9-15/h3-6,14-15H,1-2,7-9H2. The van der Waals surface area contributed by atoms with E-state index in [1.807, 2.05) is 0 Å². The third kappa shape index (κ3) is 5.98. The van der Waals surface area contributed by atoms with E-state index in [-0.39, 0.29) is 26.1 Å². The average molecular weight is 268 g/mol. The molecule has 0 aliphatic carbocycles. The highest BCUT2D eigenvalue weighted by Crippen LogP contribution is 2.18. The van der Waals surface area contributed by atoms with Crippen LogP contribution in [0.15, 0.2) is 24.3 Å². The first-order valence-corrected chi connectivity index (χ1v) is 5.89. The third-order valence-corrected chi connectivity index (χ3v) is 2.14. The van der Waals surface area contributed by atoms with Crippen LogP contribution in [-0.4, -0.2) is 35.4 Å². The Labute approximate surface area is 110 Å². The number of hydrogen-bond donors (Lipinski definition) is 2. The van der Waals surface area contributed by atoms with Crippen LogP contribution in [0.5, 0.6) is 11.5 Å². The molecule has 0 unspecified atom stereocenters. The first-order chi connectivity index (χ1) is 9.15. The quantitative estimate of drug-likeness (QED) is 0.557. The lowest BCUT2D eigenvalue weighted by Gasteiger charge is -2.06. The number of aliphatic hydroxyl groups is 2. The van der Waals surface area contributed by atoms with Gasteiger partial charge in [0.2, 0.25) is 0 Å². The van der Waals surface area contributed by atoms with Crippen molar-refractivity contribution in [2.75, 3.05) is 13.2 Å². The predicted octanol–water partition coefficient (Wildman–Crippen LogP) is 0.652. The molecule has 0 heterocycles. The lowest BCUT2D eigenvalue weighted by Crippen LogP contribution is -2.10. The monoisotopic (exact) mass is 268 g/mol. The van der Waals surface area contributed by atoms with Crippen molar-refractivity contribution in [3.8, 4) is 11.5 Å². The number of aliphatic hydroxyl groups excluding tert-OH is 2. The van der Waals surface area contributed by atoms with Gasteiger partial charge in [-0.3, -0.25) is 9.59 Å². The Morgan fingerprint density at radius 1 is 0.842 bits per heavy atom. The van der Waals surface area contributed by atoms with E-state index < -0.39 is 11.9 Å². The molecule has 0 bridgehead atoms. The van der Waals surface area contributed by atoms with Gasteiger partial charge < -0.3 is 19.7 Å². The Balaban J connectivity index is 2.47. The van der Waals surface area contributed by atoms with Crippen LogP contribution >= 0.6 is 0 Å². The van der Waals surface area contributed by atoms with Gasteiger partial charge in [0.05, 0.1) is 13.0 Å². The summed E-state index contributed by atoms with van der Waals surface area (Å²) in [7, 11) is 0. The third-order valence-electron chi connectivity index (χ3n) is 2.14. The van der Waals surface area contributed by atoms with Crippen molar-refractivity contribution >= 4 is 11.9 Å². The minimum Gasteiger partial charge on any atom is -0.427 e. The van der Waals surface area contributed by atoms with Gasteiger partial charge in [-0.1, -0.05) is 0 Å². The molecule has 0 atom stereocenters. The summed E-state index contributed by atoms with van der Waals surface area (Å²) in [5.41, 5.74) is 0. The maximum atomic E-state index is 11.3. The maximum Gasteiger partial charge on any atom is 0.313 e. The highest BCUT2D eigenvalue weighted by atomic mass is 16.5. The Hall–Kier alpha value is -1.92. The number of ether oxygens (including phenoxy) is 2. The van der Waals surface area contributed by atoms with Crippen molar-refractivity contribution in [3.05, 3.63) is 24.3 Å². The average Bonchev–Trinajstić information content (AvgIpc) is 2.39. The number of rotatable bonds is 7. The summed E-state index contributed by atoms with van der Waals surface area (Å²) in [5, 5.41) is 17.1. The second kappa shape index (κ2) is 8.23. The molecule has 0 saturated carbocycles. The Morgan fingerprint density at radius 3 is 1.74 bits per heavy atom. The molecular weight excluding hydrogens is 252 g/mol. The smallest absolute Gasteiger partial charge is 0.313 e. The Bertz CT molecular complexity index is 412. The normalized spacial score (nSPS) is 10.0. The van der Waals surface area contributed by atoms with Crippen LogP contribution in [0.25, 0.3) is 0 Å². The van der Waals surface area contributed by atoms with Crippen LogP contribution in [-0.2, 0) is 9.59 Å². The Kier molecular flexibility index (Phi) is 6.56. The molecular formula is C13H16O6. The van der Waals surface area contributed by atoms with Crippen LogP contribution in [0.3, 0.4) is 0 Å². The highest BCUT2D eigenvalue weighted by molar-refractivity contribution is 5.73. The van der Waals surface area contributed by atoms with E-state index in [2.05, 4.69) is 0 Å². The number of carbonyl (C=O) groups is 2. The summed E-state index contributed by atoms with van der Waals surface area (Å²) in [4.78, 5) is 22.4. The van der Waals surface area contributed by atoms with Gasteiger partial charge in [0.25, 0.3) is 0 Å². The van der Waals surface area contributed by atoms with Crippen molar-refractivity contribution in [1.29, 1.82) is 0 Å². The summed E-state index contributed by atoms with van der Waals surface area (Å²) in [6.07, 6.45) is 0.428. The van der Waals surface area contributed by atoms with Gasteiger partial charge in [0.15, 0.2) is 0 Å². The highest BCUT2D eigenvalue weighted by Gasteiger charge is 2.06. The van der Waals surface area contributed by atoms with Crippen LogP contribution in [0.4, 0.5) is 0 Å². The molecule has 1 rings (SSSR count). The maximum absolute atomic E-state index is 11.3. The van der Waals surface area contributed by atoms with Gasteiger partial charge >= 0.3 is 11.9 Å². The zero-order valence-electron chi connectivity index (χ0n) is 10.4. The first kappa shape index (κ1) is 15.1. The van der Waals surface area contributed by atoms with Crippen LogP contribution < -0.4 is 9.47 Å². The number of carbonyl (C=O) groups excluding carboxylic acids is 2. The van der Waals surface area contributed by atoms with E-state index in [1.54, 1.807) is 0 Å². The molecule has 1 aromatic rings. The molecule has 2 N–H and O–H groups in total. The molecule has 104 valence electrons. The molecule has 0 aliphatic heterocycles. The topological polar surface area (TPSA) is 93.1 Å². The molecule has 0 aromatic heterocycles. The van der Waals surface area contributed by atoms with E-state index in [1.165, 1.54) is 24.3 Å². The largest absolute Gasteiger partial charge is 0.427 e. The summed E-state index contributed by atoms with van der Waals surface area (Å²) < 4.78 is 9.90. The molecule has 0 fully saturated rings. The molecule has 6 nitrogen and oxygen atoms in total. The minimum atomic E-state index is -0.532. The van der Waals surface area contributed by atoms with Crippen molar-refractivity contribution in [1.82, 2.24) is 0 Å². The van der Waals surface area contributed by atoms with E-state index >= 15 is 0 Å². The Morgan fingerprint density at radius 2 is 1.32 bits per heavy atom. The number of hydrogen-bond acceptors (Lipinski definition) is 6. The SMILES string of the molecule is O=C(CCO)Oc1ccc(OC(=O)CCCO)cc1. The zero-order chi connectivity index (χ0) is 14.1. The van der Waals surface area contributed by atoms with Gasteiger partial charge in [0, 0.05) is 13.0 Å². The van der Waals surface area contributed by atoms with E-state index in [0.717, 1.165) is 0 Å². The predicted molar refractivity (Wildman–Crippen MR) is 65.7 cm³/mol. The van der Waals surface area contributed by atoms with Gasteiger partial charge in [-0.15, -0.1) is 0 Å². The summed E-state index contributed by atoms with van der Waals surface area (Å²) >= 11 is 0. The molecule has 0 saturated heterocycles. The molecule has 0 amide bonds. The van der Waals surface area contributed by atoms with Crippen LogP contribution in [0.2, 0.25) is 0 Å². The number of benzene rings is 1. The molecule has 0 spiro atoms. The van der Waals surface area contributed by atoms with Crippen molar-refractivity contribution in [2.24, 2.45) is 0 Å². The fraction of sp³-hybridized carbons (Fsp3) is 0.385. The molecule has 6 heteroatoms. The van der Waals surface area contributed by atoms with E-state index in [9.17, 15) is 9.59 Å². The van der Waals surface area contributed by atoms with Gasteiger partial charge in [-0.2, -0.15) is 0 Å². The van der Waals surface area contributed by atoms with Gasteiger partial charge in [0.1, 0.15) is 11.5 Å². The first-order valence-electron chi connectivity index (χ1n) is 5.89. The molecule has 0 radical (unpaired) electrons. The molecule has 1 aromatic carbocycles.